The highest BCUT2D eigenvalue weighted by atomic mass is 32.2. The number of nitrogens with zero attached hydrogens (tertiary/aromatic N) is 2. The Hall–Kier alpha value is -1.08. The minimum absolute atomic E-state index is 0.0236. The average molecular weight is 257 g/mol. The van der Waals surface area contributed by atoms with Crippen LogP contribution in [0, 0.1) is 6.92 Å². The van der Waals surface area contributed by atoms with Crippen LogP contribution in [0.5, 0.6) is 0 Å². The Labute approximate surface area is 101 Å². The van der Waals surface area contributed by atoms with Crippen molar-refractivity contribution in [3.8, 4) is 0 Å². The molecule has 0 radical (unpaired) electrons. The Bertz CT molecular complexity index is 419. The molecule has 2 rings (SSSR count). The van der Waals surface area contributed by atoms with E-state index >= 15 is 0 Å². The Morgan fingerprint density at radius 2 is 2.50 bits per heavy atom. The number of amides is 2. The lowest BCUT2D eigenvalue weighted by Crippen LogP contribution is -2.34. The molecule has 1 aliphatic rings. The average Bonchev–Trinajstić information content (AvgIpc) is 2.77. The van der Waals surface area contributed by atoms with Gasteiger partial charge in [-0.15, -0.1) is 23.1 Å². The molecule has 1 fully saturated rings. The van der Waals surface area contributed by atoms with Crippen molar-refractivity contribution in [3.63, 3.8) is 0 Å². The first-order chi connectivity index (χ1) is 7.65. The van der Waals surface area contributed by atoms with Crippen molar-refractivity contribution in [1.29, 1.82) is 0 Å². The highest BCUT2D eigenvalue weighted by Gasteiger charge is 2.23. The van der Waals surface area contributed by atoms with Gasteiger partial charge >= 0.3 is 0 Å². The molecular weight excluding hydrogens is 246 g/mol. The van der Waals surface area contributed by atoms with Crippen LogP contribution in [-0.2, 0) is 9.59 Å². The minimum atomic E-state index is -0.190. The second-order valence-electron chi connectivity index (χ2n) is 3.39. The van der Waals surface area contributed by atoms with E-state index in [1.807, 2.05) is 6.92 Å². The molecule has 0 aromatic carbocycles. The molecule has 0 bridgehead atoms. The fourth-order valence-corrected chi connectivity index (χ4v) is 2.87. The number of nitrogens with one attached hydrogen (secondary N) is 1. The molecule has 16 heavy (non-hydrogen) atoms. The highest BCUT2D eigenvalue weighted by molar-refractivity contribution is 8.00. The van der Waals surface area contributed by atoms with Crippen molar-refractivity contribution in [2.24, 2.45) is 0 Å². The summed E-state index contributed by atoms with van der Waals surface area (Å²) in [5.41, 5.74) is 0. The zero-order valence-electron chi connectivity index (χ0n) is 8.73. The topological polar surface area (TPSA) is 62.3 Å². The van der Waals surface area contributed by atoms with E-state index in [0.717, 1.165) is 4.88 Å². The molecule has 86 valence electrons. The first-order valence-electron chi connectivity index (χ1n) is 4.73. The van der Waals surface area contributed by atoms with E-state index in [2.05, 4.69) is 10.3 Å². The second kappa shape index (κ2) is 4.84. The smallest absolute Gasteiger partial charge is 0.245 e. The molecule has 1 N–H and O–H groups in total. The normalized spacial score (nSPS) is 15.6. The Morgan fingerprint density at radius 3 is 3.06 bits per heavy atom. The number of aryl methyl sites for hydroxylation is 1. The monoisotopic (exact) mass is 257 g/mol. The summed E-state index contributed by atoms with van der Waals surface area (Å²) in [5, 5.41) is 3.26. The summed E-state index contributed by atoms with van der Waals surface area (Å²) in [6.07, 6.45) is 1.71. The number of carbonyl (C=O) groups excluding carboxylic acids is 2. The number of thioether (sulfide) groups is 1. The standard InChI is InChI=1S/C9H11N3O2S2/c1-6-2-10-9(16-6)11-7(13)3-12-5-15-4-8(12)14/h2H,3-5H2,1H3,(H,10,11,13). The summed E-state index contributed by atoms with van der Waals surface area (Å²) in [7, 11) is 0. The first-order valence-corrected chi connectivity index (χ1v) is 6.70. The number of rotatable bonds is 3. The van der Waals surface area contributed by atoms with Crippen molar-refractivity contribution >= 4 is 40.0 Å². The maximum atomic E-state index is 11.6. The van der Waals surface area contributed by atoms with Crippen LogP contribution in [0.3, 0.4) is 0 Å². The number of carbonyl (C=O) groups is 2. The maximum Gasteiger partial charge on any atom is 0.245 e. The van der Waals surface area contributed by atoms with Gasteiger partial charge in [0.05, 0.1) is 11.6 Å². The van der Waals surface area contributed by atoms with Gasteiger partial charge in [0.2, 0.25) is 11.8 Å². The van der Waals surface area contributed by atoms with Crippen LogP contribution in [0.4, 0.5) is 5.13 Å². The van der Waals surface area contributed by atoms with Crippen LogP contribution in [0.25, 0.3) is 0 Å². The number of anilines is 1. The molecule has 0 saturated carbocycles. The third kappa shape index (κ3) is 2.73. The Kier molecular flexibility index (Phi) is 3.45. The molecule has 0 unspecified atom stereocenters. The van der Waals surface area contributed by atoms with Crippen molar-refractivity contribution < 1.29 is 9.59 Å². The summed E-state index contributed by atoms with van der Waals surface area (Å²) in [4.78, 5) is 29.5. The molecule has 1 aromatic rings. The van der Waals surface area contributed by atoms with E-state index in [4.69, 9.17) is 0 Å². The largest absolute Gasteiger partial charge is 0.323 e. The van der Waals surface area contributed by atoms with Gasteiger partial charge in [-0.05, 0) is 6.92 Å². The van der Waals surface area contributed by atoms with Gasteiger partial charge in [0.1, 0.15) is 6.54 Å². The van der Waals surface area contributed by atoms with Crippen molar-refractivity contribution in [3.05, 3.63) is 11.1 Å². The van der Waals surface area contributed by atoms with E-state index in [9.17, 15) is 9.59 Å². The van der Waals surface area contributed by atoms with Gasteiger partial charge in [0.25, 0.3) is 0 Å². The summed E-state index contributed by atoms with van der Waals surface area (Å²) in [6, 6.07) is 0. The zero-order valence-corrected chi connectivity index (χ0v) is 10.4. The number of hydrogen-bond acceptors (Lipinski definition) is 5. The molecule has 2 heterocycles. The lowest BCUT2D eigenvalue weighted by Gasteiger charge is -2.12. The SMILES string of the molecule is Cc1cnc(NC(=O)CN2CSCC2=O)s1. The van der Waals surface area contributed by atoms with Gasteiger partial charge in [0.15, 0.2) is 5.13 Å². The molecule has 0 spiro atoms. The predicted molar refractivity (Wildman–Crippen MR) is 64.5 cm³/mol. The highest BCUT2D eigenvalue weighted by Crippen LogP contribution is 2.17. The van der Waals surface area contributed by atoms with Gasteiger partial charge in [0, 0.05) is 11.1 Å². The third-order valence-electron chi connectivity index (χ3n) is 2.03. The fraction of sp³-hybridized carbons (Fsp3) is 0.444. The predicted octanol–water partition coefficient (Wildman–Crippen LogP) is 0.923. The maximum absolute atomic E-state index is 11.6. The van der Waals surface area contributed by atoms with E-state index in [1.165, 1.54) is 23.1 Å². The minimum Gasteiger partial charge on any atom is -0.323 e. The van der Waals surface area contributed by atoms with E-state index in [-0.39, 0.29) is 18.4 Å². The quantitative estimate of drug-likeness (QED) is 0.874. The van der Waals surface area contributed by atoms with Crippen molar-refractivity contribution in [2.45, 2.75) is 6.92 Å². The molecule has 1 aliphatic heterocycles. The van der Waals surface area contributed by atoms with Crippen LogP contribution >= 0.6 is 23.1 Å². The zero-order chi connectivity index (χ0) is 11.5. The van der Waals surface area contributed by atoms with Gasteiger partial charge in [-0.2, -0.15) is 0 Å². The van der Waals surface area contributed by atoms with E-state index < -0.39 is 0 Å². The van der Waals surface area contributed by atoms with Crippen molar-refractivity contribution in [1.82, 2.24) is 9.88 Å². The van der Waals surface area contributed by atoms with Crippen LogP contribution in [0.2, 0.25) is 0 Å². The number of hydrogen-bond donors (Lipinski definition) is 1. The summed E-state index contributed by atoms with van der Waals surface area (Å²) >= 11 is 2.95. The number of aromatic nitrogens is 1. The van der Waals surface area contributed by atoms with Crippen molar-refractivity contribution in [2.75, 3.05) is 23.5 Å². The summed E-state index contributed by atoms with van der Waals surface area (Å²) < 4.78 is 0. The molecular formula is C9H11N3O2S2. The molecule has 2 amide bonds. The molecule has 0 atom stereocenters. The van der Waals surface area contributed by atoms with Crippen LogP contribution in [-0.4, -0.2) is 39.9 Å². The van der Waals surface area contributed by atoms with Gasteiger partial charge in [-0.1, -0.05) is 0 Å². The summed E-state index contributed by atoms with van der Waals surface area (Å²) in [5.74, 6) is 0.910. The Morgan fingerprint density at radius 1 is 1.69 bits per heavy atom. The fourth-order valence-electron chi connectivity index (χ4n) is 1.28. The van der Waals surface area contributed by atoms with Crippen LogP contribution in [0.15, 0.2) is 6.20 Å². The lowest BCUT2D eigenvalue weighted by molar-refractivity contribution is -0.130. The van der Waals surface area contributed by atoms with Crippen LogP contribution in [0.1, 0.15) is 4.88 Å². The second-order valence-corrected chi connectivity index (χ2v) is 5.58. The Balaban J connectivity index is 1.86. The summed E-state index contributed by atoms with van der Waals surface area (Å²) in [6.45, 7) is 2.04. The van der Waals surface area contributed by atoms with E-state index in [0.29, 0.717) is 16.8 Å². The van der Waals surface area contributed by atoms with Gasteiger partial charge < -0.3 is 10.2 Å². The van der Waals surface area contributed by atoms with Gasteiger partial charge in [-0.3, -0.25) is 9.59 Å². The number of thiazole rings is 1. The molecule has 7 heteroatoms. The van der Waals surface area contributed by atoms with E-state index in [1.54, 1.807) is 11.1 Å². The van der Waals surface area contributed by atoms with Crippen LogP contribution < -0.4 is 5.32 Å². The lowest BCUT2D eigenvalue weighted by atomic mass is 10.5. The molecule has 0 aliphatic carbocycles. The molecule has 1 aromatic heterocycles. The van der Waals surface area contributed by atoms with Gasteiger partial charge in [-0.25, -0.2) is 4.98 Å². The third-order valence-corrected chi connectivity index (χ3v) is 3.80. The first kappa shape index (κ1) is 11.4. The molecule has 1 saturated heterocycles. The molecule has 5 nitrogen and oxygen atoms in total.